The molecule has 1 heterocycles. The second-order valence-electron chi connectivity index (χ2n) is 3.83. The van der Waals surface area contributed by atoms with Crippen LogP contribution in [-0.4, -0.2) is 51.4 Å². The summed E-state index contributed by atoms with van der Waals surface area (Å²) in [4.78, 5) is 15.0. The van der Waals surface area contributed by atoms with Crippen molar-refractivity contribution in [1.29, 1.82) is 0 Å². The topological polar surface area (TPSA) is 67.6 Å². The standard InChI is InChI=1S/C11H19N3O2S2/c1-14(2)11(15)9-7(12)8(17-4)10(18-9)13-5-6-16-3/h13H,5-6,12H2,1-4H3. The van der Waals surface area contributed by atoms with Gasteiger partial charge in [0.25, 0.3) is 5.91 Å². The lowest BCUT2D eigenvalue weighted by molar-refractivity contribution is 0.0833. The molecule has 1 aromatic rings. The lowest BCUT2D eigenvalue weighted by Crippen LogP contribution is -2.21. The molecule has 0 radical (unpaired) electrons. The Morgan fingerprint density at radius 2 is 2.22 bits per heavy atom. The van der Waals surface area contributed by atoms with Crippen LogP contribution >= 0.6 is 23.1 Å². The summed E-state index contributed by atoms with van der Waals surface area (Å²) in [5.74, 6) is -0.0624. The minimum atomic E-state index is -0.0624. The Morgan fingerprint density at radius 3 is 2.72 bits per heavy atom. The predicted octanol–water partition coefficient (Wildman–Crippen LogP) is 1.81. The normalized spacial score (nSPS) is 10.4. The maximum absolute atomic E-state index is 12.0. The average molecular weight is 289 g/mol. The van der Waals surface area contributed by atoms with Crippen LogP contribution in [0.3, 0.4) is 0 Å². The van der Waals surface area contributed by atoms with Gasteiger partial charge in [-0.15, -0.1) is 23.1 Å². The van der Waals surface area contributed by atoms with Gasteiger partial charge in [-0.25, -0.2) is 0 Å². The molecule has 0 fully saturated rings. The van der Waals surface area contributed by atoms with E-state index in [0.717, 1.165) is 9.90 Å². The highest BCUT2D eigenvalue weighted by atomic mass is 32.2. The first-order valence-electron chi connectivity index (χ1n) is 5.43. The van der Waals surface area contributed by atoms with E-state index in [4.69, 9.17) is 10.5 Å². The van der Waals surface area contributed by atoms with E-state index in [0.29, 0.717) is 23.7 Å². The molecular formula is C11H19N3O2S2. The first-order chi connectivity index (χ1) is 8.52. The molecule has 102 valence electrons. The number of nitrogen functional groups attached to an aromatic ring is 1. The number of amides is 1. The lowest BCUT2D eigenvalue weighted by Gasteiger charge is -2.08. The Kier molecular flexibility index (Phi) is 5.77. The summed E-state index contributed by atoms with van der Waals surface area (Å²) < 4.78 is 4.99. The molecule has 0 aliphatic rings. The lowest BCUT2D eigenvalue weighted by atomic mass is 10.3. The number of rotatable bonds is 6. The quantitative estimate of drug-likeness (QED) is 0.617. The first kappa shape index (κ1) is 15.1. The number of methoxy groups -OCH3 is 1. The molecule has 0 aromatic carbocycles. The number of nitrogens with two attached hydrogens (primary N) is 1. The Labute approximate surface area is 116 Å². The van der Waals surface area contributed by atoms with Crippen molar-refractivity contribution in [1.82, 2.24) is 4.90 Å². The van der Waals surface area contributed by atoms with E-state index in [1.165, 1.54) is 16.2 Å². The fourth-order valence-corrected chi connectivity index (χ4v) is 3.46. The largest absolute Gasteiger partial charge is 0.396 e. The van der Waals surface area contributed by atoms with E-state index in [1.54, 1.807) is 33.0 Å². The third-order valence-corrected chi connectivity index (χ3v) is 4.41. The van der Waals surface area contributed by atoms with Crippen molar-refractivity contribution in [3.8, 4) is 0 Å². The van der Waals surface area contributed by atoms with Crippen molar-refractivity contribution >= 4 is 39.7 Å². The monoisotopic (exact) mass is 289 g/mol. The summed E-state index contributed by atoms with van der Waals surface area (Å²) in [5.41, 5.74) is 6.59. The molecule has 1 aromatic heterocycles. The van der Waals surface area contributed by atoms with Gasteiger partial charge in [0.2, 0.25) is 0 Å². The SMILES string of the molecule is COCCNc1sc(C(=O)N(C)C)c(N)c1SC. The number of nitrogens with zero attached hydrogens (tertiary/aromatic N) is 1. The van der Waals surface area contributed by atoms with E-state index >= 15 is 0 Å². The van der Waals surface area contributed by atoms with Gasteiger partial charge in [-0.1, -0.05) is 0 Å². The number of anilines is 2. The van der Waals surface area contributed by atoms with Crippen molar-refractivity contribution in [3.05, 3.63) is 4.88 Å². The van der Waals surface area contributed by atoms with Crippen LogP contribution in [0, 0.1) is 0 Å². The van der Waals surface area contributed by atoms with Crippen molar-refractivity contribution < 1.29 is 9.53 Å². The summed E-state index contributed by atoms with van der Waals surface area (Å²) in [6.07, 6.45) is 1.95. The molecule has 7 heteroatoms. The second kappa shape index (κ2) is 6.86. The minimum absolute atomic E-state index is 0.0624. The van der Waals surface area contributed by atoms with Gasteiger partial charge in [0.05, 0.1) is 17.2 Å². The van der Waals surface area contributed by atoms with Crippen LogP contribution in [-0.2, 0) is 4.74 Å². The number of hydrogen-bond acceptors (Lipinski definition) is 6. The highest BCUT2D eigenvalue weighted by Crippen LogP contribution is 2.41. The molecule has 0 aliphatic heterocycles. The molecule has 0 saturated carbocycles. The average Bonchev–Trinajstić information content (AvgIpc) is 2.65. The molecule has 5 nitrogen and oxygen atoms in total. The molecule has 0 spiro atoms. The van der Waals surface area contributed by atoms with Gasteiger partial charge in [-0.05, 0) is 6.26 Å². The number of carbonyl (C=O) groups is 1. The zero-order valence-corrected chi connectivity index (χ0v) is 12.7. The minimum Gasteiger partial charge on any atom is -0.396 e. The van der Waals surface area contributed by atoms with E-state index in [-0.39, 0.29) is 5.91 Å². The molecule has 3 N–H and O–H groups in total. The van der Waals surface area contributed by atoms with Crippen molar-refractivity contribution in [2.75, 3.05) is 51.7 Å². The van der Waals surface area contributed by atoms with Crippen molar-refractivity contribution in [3.63, 3.8) is 0 Å². The van der Waals surface area contributed by atoms with Gasteiger partial charge in [0.15, 0.2) is 0 Å². The Hall–Kier alpha value is -0.920. The van der Waals surface area contributed by atoms with Crippen LogP contribution in [0.2, 0.25) is 0 Å². The smallest absolute Gasteiger partial charge is 0.265 e. The third kappa shape index (κ3) is 3.30. The van der Waals surface area contributed by atoms with Gasteiger partial charge in [-0.3, -0.25) is 4.79 Å². The van der Waals surface area contributed by atoms with E-state index in [9.17, 15) is 4.79 Å². The van der Waals surface area contributed by atoms with Crippen LogP contribution < -0.4 is 11.1 Å². The van der Waals surface area contributed by atoms with Crippen LogP contribution in [0.4, 0.5) is 10.7 Å². The van der Waals surface area contributed by atoms with Crippen LogP contribution in [0.1, 0.15) is 9.67 Å². The highest BCUT2D eigenvalue weighted by Gasteiger charge is 2.21. The Balaban J connectivity index is 2.97. The Morgan fingerprint density at radius 1 is 1.56 bits per heavy atom. The molecule has 0 aliphatic carbocycles. The maximum Gasteiger partial charge on any atom is 0.265 e. The predicted molar refractivity (Wildman–Crippen MR) is 78.9 cm³/mol. The summed E-state index contributed by atoms with van der Waals surface area (Å²) in [6, 6.07) is 0. The summed E-state index contributed by atoms with van der Waals surface area (Å²) in [5, 5.41) is 4.17. The fourth-order valence-electron chi connectivity index (χ4n) is 1.38. The molecule has 0 unspecified atom stereocenters. The molecule has 0 bridgehead atoms. The van der Waals surface area contributed by atoms with Crippen LogP contribution in [0.15, 0.2) is 4.90 Å². The van der Waals surface area contributed by atoms with E-state index in [2.05, 4.69) is 5.32 Å². The van der Waals surface area contributed by atoms with Gasteiger partial charge in [0.1, 0.15) is 9.88 Å². The van der Waals surface area contributed by atoms with Crippen LogP contribution in [0.25, 0.3) is 0 Å². The number of thioether (sulfide) groups is 1. The molecule has 0 atom stereocenters. The van der Waals surface area contributed by atoms with Crippen molar-refractivity contribution in [2.45, 2.75) is 4.90 Å². The maximum atomic E-state index is 12.0. The number of thiophene rings is 1. The molecule has 1 rings (SSSR count). The summed E-state index contributed by atoms with van der Waals surface area (Å²) >= 11 is 2.94. The van der Waals surface area contributed by atoms with Crippen LogP contribution in [0.5, 0.6) is 0 Å². The van der Waals surface area contributed by atoms with Gasteiger partial charge in [-0.2, -0.15) is 0 Å². The van der Waals surface area contributed by atoms with Gasteiger partial charge >= 0.3 is 0 Å². The molecule has 0 saturated heterocycles. The highest BCUT2D eigenvalue weighted by molar-refractivity contribution is 7.99. The third-order valence-electron chi connectivity index (χ3n) is 2.30. The van der Waals surface area contributed by atoms with Crippen molar-refractivity contribution in [2.24, 2.45) is 0 Å². The summed E-state index contributed by atoms with van der Waals surface area (Å²) in [6.45, 7) is 1.31. The number of nitrogens with one attached hydrogen (secondary N) is 1. The number of hydrogen-bond donors (Lipinski definition) is 2. The van der Waals surface area contributed by atoms with Gasteiger partial charge < -0.3 is 20.7 Å². The first-order valence-corrected chi connectivity index (χ1v) is 7.47. The second-order valence-corrected chi connectivity index (χ2v) is 5.66. The zero-order valence-electron chi connectivity index (χ0n) is 11.1. The zero-order chi connectivity index (χ0) is 13.7. The van der Waals surface area contributed by atoms with E-state index in [1.807, 2.05) is 6.26 Å². The number of carbonyl (C=O) groups excluding carboxylic acids is 1. The van der Waals surface area contributed by atoms with Gasteiger partial charge in [0, 0.05) is 27.7 Å². The molecule has 18 heavy (non-hydrogen) atoms. The molecular weight excluding hydrogens is 270 g/mol. The van der Waals surface area contributed by atoms with E-state index < -0.39 is 0 Å². The summed E-state index contributed by atoms with van der Waals surface area (Å²) in [7, 11) is 5.09. The fraction of sp³-hybridized carbons (Fsp3) is 0.545. The Bertz CT molecular complexity index is 419. The number of ether oxygens (including phenoxy) is 1. The molecule has 1 amide bonds.